The van der Waals surface area contributed by atoms with E-state index in [1.807, 2.05) is 6.07 Å². The molecule has 0 saturated carbocycles. The fourth-order valence-electron chi connectivity index (χ4n) is 10.6. The van der Waals surface area contributed by atoms with Gasteiger partial charge in [-0.15, -0.1) is 0 Å². The predicted octanol–water partition coefficient (Wildman–Crippen LogP) is 14.9. The lowest BCUT2D eigenvalue weighted by molar-refractivity contribution is 0.794. The molecule has 2 aromatic heterocycles. The van der Waals surface area contributed by atoms with E-state index >= 15 is 0 Å². The van der Waals surface area contributed by atoms with Crippen LogP contribution in [0.5, 0.6) is 0 Å². The van der Waals surface area contributed by atoms with Crippen molar-refractivity contribution in [1.29, 1.82) is 0 Å². The van der Waals surface area contributed by atoms with Gasteiger partial charge in [-0.1, -0.05) is 200 Å². The van der Waals surface area contributed by atoms with Gasteiger partial charge in [0, 0.05) is 21.9 Å². The summed E-state index contributed by atoms with van der Waals surface area (Å²) < 4.78 is 0. The largest absolute Gasteiger partial charge is 0.245 e. The number of benzene rings is 9. The van der Waals surface area contributed by atoms with E-state index in [1.54, 1.807) is 0 Å². The minimum atomic E-state index is -0.357. The molecule has 2 aliphatic rings. The third-order valence-electron chi connectivity index (χ3n) is 13.3. The van der Waals surface area contributed by atoms with Crippen LogP contribution >= 0.6 is 0 Å². The smallest absolute Gasteiger partial charge is 0.0972 e. The van der Waals surface area contributed by atoms with Crippen LogP contribution < -0.4 is 0 Å². The van der Waals surface area contributed by atoms with Gasteiger partial charge in [-0.25, -0.2) is 9.97 Å². The molecule has 2 aliphatic carbocycles. The Hall–Kier alpha value is -7.94. The Morgan fingerprint density at radius 1 is 0.262 bits per heavy atom. The van der Waals surface area contributed by atoms with Crippen molar-refractivity contribution in [1.82, 2.24) is 9.97 Å². The average Bonchev–Trinajstić information content (AvgIpc) is 3.81. The van der Waals surface area contributed by atoms with E-state index in [4.69, 9.17) is 9.97 Å². The predicted molar refractivity (Wildman–Crippen MR) is 253 cm³/mol. The average molecular weight is 773 g/mol. The molecule has 0 aliphatic heterocycles. The molecule has 1 spiro atoms. The number of fused-ring (bicyclic) bond motifs is 14. The highest BCUT2D eigenvalue weighted by molar-refractivity contribution is 6.08. The van der Waals surface area contributed by atoms with E-state index in [-0.39, 0.29) is 5.41 Å². The van der Waals surface area contributed by atoms with Gasteiger partial charge in [0.15, 0.2) is 0 Å². The van der Waals surface area contributed by atoms with Crippen LogP contribution in [-0.4, -0.2) is 9.97 Å². The van der Waals surface area contributed by atoms with Crippen LogP contribution in [0.25, 0.3) is 99.6 Å². The van der Waals surface area contributed by atoms with E-state index in [9.17, 15) is 0 Å². The first-order valence-electron chi connectivity index (χ1n) is 21.1. The van der Waals surface area contributed by atoms with Gasteiger partial charge in [-0.2, -0.15) is 0 Å². The molecule has 61 heavy (non-hydrogen) atoms. The fraction of sp³-hybridized carbons (Fsp3) is 0.0169. The Morgan fingerprint density at radius 2 is 0.705 bits per heavy atom. The van der Waals surface area contributed by atoms with Crippen molar-refractivity contribution in [3.05, 3.63) is 241 Å². The summed E-state index contributed by atoms with van der Waals surface area (Å²) in [5, 5.41) is 4.54. The second kappa shape index (κ2) is 13.0. The number of hydrogen-bond acceptors (Lipinski definition) is 2. The van der Waals surface area contributed by atoms with Gasteiger partial charge in [0.2, 0.25) is 0 Å². The van der Waals surface area contributed by atoms with Crippen LogP contribution in [0.15, 0.2) is 218 Å². The highest BCUT2D eigenvalue weighted by Crippen LogP contribution is 2.63. The Labute approximate surface area is 354 Å². The van der Waals surface area contributed by atoms with Crippen molar-refractivity contribution < 1.29 is 0 Å². The number of nitrogens with zero attached hydrogens (tertiary/aromatic N) is 2. The maximum absolute atomic E-state index is 5.33. The first kappa shape index (κ1) is 34.0. The molecule has 0 radical (unpaired) electrons. The lowest BCUT2D eigenvalue weighted by atomic mass is 9.70. The molecular formula is C59H36N2. The molecule has 13 rings (SSSR count). The summed E-state index contributed by atoms with van der Waals surface area (Å²) in [6.45, 7) is 0. The molecule has 11 aromatic rings. The first-order valence-corrected chi connectivity index (χ1v) is 21.1. The molecule has 0 amide bonds. The van der Waals surface area contributed by atoms with Gasteiger partial charge in [-0.05, 0) is 95.7 Å². The minimum absolute atomic E-state index is 0.357. The van der Waals surface area contributed by atoms with E-state index in [2.05, 4.69) is 212 Å². The van der Waals surface area contributed by atoms with Gasteiger partial charge in [0.25, 0.3) is 0 Å². The Morgan fingerprint density at radius 3 is 1.34 bits per heavy atom. The summed E-state index contributed by atoms with van der Waals surface area (Å²) >= 11 is 0. The third kappa shape index (κ3) is 4.91. The van der Waals surface area contributed by atoms with E-state index in [0.717, 1.165) is 44.3 Å². The summed E-state index contributed by atoms with van der Waals surface area (Å²) in [4.78, 5) is 10.5. The van der Waals surface area contributed by atoms with Crippen molar-refractivity contribution in [3.63, 3.8) is 0 Å². The Bertz CT molecular complexity index is 3520. The molecule has 282 valence electrons. The van der Waals surface area contributed by atoms with Gasteiger partial charge in [-0.3, -0.25) is 0 Å². The summed E-state index contributed by atoms with van der Waals surface area (Å²) in [6.07, 6.45) is 0. The van der Waals surface area contributed by atoms with E-state index in [1.165, 1.54) is 77.5 Å². The standard InChI is InChI=1S/C59H36N2/c1-2-12-39(13-3-1)55-34-29-40-26-27-41-30-35-56(61-58(41)57(40)60-55)50-33-32-43(44-14-4-5-15-45(44)50)38-24-22-37(23-25-38)42-28-31-49-48-18-8-11-21-53(48)59(54(49)36-42)51-19-9-6-16-46(51)47-17-7-10-20-52(47)59/h1-36H. The molecule has 2 heteroatoms. The molecular weight excluding hydrogens is 737 g/mol. The zero-order valence-corrected chi connectivity index (χ0v) is 33.2. The van der Waals surface area contributed by atoms with Gasteiger partial charge >= 0.3 is 0 Å². The van der Waals surface area contributed by atoms with Gasteiger partial charge < -0.3 is 0 Å². The SMILES string of the molecule is c1ccc(-c2ccc3ccc4ccc(-c5ccc(-c6ccc(-c7ccc8c(c7)C7(c9ccccc9-c9ccccc97)c7ccccc7-8)cc6)c6ccccc56)nc4c3n2)cc1. The van der Waals surface area contributed by atoms with Crippen LogP contribution in [0.2, 0.25) is 0 Å². The van der Waals surface area contributed by atoms with Crippen LogP contribution in [0.1, 0.15) is 22.3 Å². The van der Waals surface area contributed by atoms with E-state index in [0.29, 0.717) is 0 Å². The number of rotatable bonds is 4. The molecule has 9 aromatic carbocycles. The lowest BCUT2D eigenvalue weighted by Crippen LogP contribution is -2.25. The first-order chi connectivity index (χ1) is 30.2. The quantitative estimate of drug-likeness (QED) is 0.167. The zero-order valence-electron chi connectivity index (χ0n) is 33.2. The number of hydrogen-bond donors (Lipinski definition) is 0. The van der Waals surface area contributed by atoms with Crippen molar-refractivity contribution in [2.24, 2.45) is 0 Å². The number of aromatic nitrogens is 2. The van der Waals surface area contributed by atoms with Crippen molar-refractivity contribution in [2.45, 2.75) is 5.41 Å². The molecule has 0 N–H and O–H groups in total. The van der Waals surface area contributed by atoms with Crippen LogP contribution in [-0.2, 0) is 5.41 Å². The van der Waals surface area contributed by atoms with Crippen LogP contribution in [0.4, 0.5) is 0 Å². The summed E-state index contributed by atoms with van der Waals surface area (Å²) in [5.41, 5.74) is 21.1. The third-order valence-corrected chi connectivity index (χ3v) is 13.3. The molecule has 2 nitrogen and oxygen atoms in total. The van der Waals surface area contributed by atoms with Crippen LogP contribution in [0, 0.1) is 0 Å². The maximum Gasteiger partial charge on any atom is 0.0972 e. The summed E-state index contributed by atoms with van der Waals surface area (Å²) in [6, 6.07) is 79.8. The second-order valence-corrected chi connectivity index (χ2v) is 16.4. The van der Waals surface area contributed by atoms with Crippen molar-refractivity contribution >= 4 is 32.6 Å². The Balaban J connectivity index is 0.897. The summed E-state index contributed by atoms with van der Waals surface area (Å²) in [5.74, 6) is 0. The highest BCUT2D eigenvalue weighted by atomic mass is 14.8. The second-order valence-electron chi connectivity index (χ2n) is 16.4. The topological polar surface area (TPSA) is 25.8 Å². The monoisotopic (exact) mass is 772 g/mol. The molecule has 0 unspecified atom stereocenters. The molecule has 0 atom stereocenters. The minimum Gasteiger partial charge on any atom is -0.245 e. The van der Waals surface area contributed by atoms with Gasteiger partial charge in [0.05, 0.1) is 27.8 Å². The van der Waals surface area contributed by atoms with E-state index < -0.39 is 0 Å². The lowest BCUT2D eigenvalue weighted by Gasteiger charge is -2.30. The maximum atomic E-state index is 5.33. The zero-order chi connectivity index (χ0) is 40.1. The molecule has 0 bridgehead atoms. The number of pyridine rings is 2. The highest BCUT2D eigenvalue weighted by Gasteiger charge is 2.51. The summed E-state index contributed by atoms with van der Waals surface area (Å²) in [7, 11) is 0. The normalized spacial score (nSPS) is 13.0. The van der Waals surface area contributed by atoms with Crippen LogP contribution in [0.3, 0.4) is 0 Å². The van der Waals surface area contributed by atoms with Crippen molar-refractivity contribution in [2.75, 3.05) is 0 Å². The van der Waals surface area contributed by atoms with Crippen molar-refractivity contribution in [3.8, 4) is 67.0 Å². The van der Waals surface area contributed by atoms with Gasteiger partial charge in [0.1, 0.15) is 0 Å². The molecule has 2 heterocycles. The fourth-order valence-corrected chi connectivity index (χ4v) is 10.6. The Kier molecular flexibility index (Phi) is 7.26. The molecule has 0 saturated heterocycles. The molecule has 0 fully saturated rings.